The van der Waals surface area contributed by atoms with Crippen LogP contribution < -0.4 is 5.32 Å². The molecule has 0 saturated heterocycles. The molecule has 3 nitrogen and oxygen atoms in total. The molecule has 6 heteroatoms. The van der Waals surface area contributed by atoms with Gasteiger partial charge in [0, 0.05) is 39.9 Å². The van der Waals surface area contributed by atoms with Crippen molar-refractivity contribution in [2.75, 3.05) is 5.32 Å². The molecule has 0 saturated carbocycles. The van der Waals surface area contributed by atoms with Gasteiger partial charge in [0.2, 0.25) is 5.91 Å². The second-order valence-electron chi connectivity index (χ2n) is 4.93. The Labute approximate surface area is 131 Å². The number of aryl methyl sites for hydroxylation is 2. The number of anilines is 1. The number of halogens is 2. The van der Waals surface area contributed by atoms with Crippen molar-refractivity contribution in [2.24, 2.45) is 0 Å². The van der Waals surface area contributed by atoms with Gasteiger partial charge in [0.1, 0.15) is 0 Å². The zero-order valence-corrected chi connectivity index (χ0v) is 13.0. The molecule has 116 valence electrons. The first-order valence-corrected chi connectivity index (χ1v) is 7.53. The van der Waals surface area contributed by atoms with Gasteiger partial charge in [-0.3, -0.25) is 9.59 Å². The average Bonchev–Trinajstić information content (AvgIpc) is 2.79. The average molecular weight is 323 g/mol. The van der Waals surface area contributed by atoms with E-state index in [0.717, 1.165) is 21.9 Å². The summed E-state index contributed by atoms with van der Waals surface area (Å²) in [5, 5.41) is 2.44. The molecule has 0 aliphatic heterocycles. The molecule has 0 unspecified atom stereocenters. The maximum Gasteiger partial charge on any atom is 0.224 e. The van der Waals surface area contributed by atoms with Crippen LogP contribution in [0.25, 0.3) is 0 Å². The standard InChI is InChI=1S/C16H15F2NO2S/c1-9-7-12(10(2)22-9)15(20)5-6-16(21)19-11-3-4-13(17)14(18)8-11/h3-4,7-8H,5-6H2,1-2H3,(H,19,21). The molecular formula is C16H15F2NO2S. The summed E-state index contributed by atoms with van der Waals surface area (Å²) >= 11 is 1.54. The van der Waals surface area contributed by atoms with Gasteiger partial charge in [0.05, 0.1) is 0 Å². The molecule has 0 bridgehead atoms. The first kappa shape index (κ1) is 16.3. The maximum atomic E-state index is 13.0. The predicted molar refractivity (Wildman–Crippen MR) is 82.3 cm³/mol. The normalized spacial score (nSPS) is 10.5. The van der Waals surface area contributed by atoms with Gasteiger partial charge in [-0.1, -0.05) is 0 Å². The summed E-state index contributed by atoms with van der Waals surface area (Å²) in [6, 6.07) is 4.93. The second-order valence-corrected chi connectivity index (χ2v) is 6.39. The molecule has 0 fully saturated rings. The second kappa shape index (κ2) is 6.79. The lowest BCUT2D eigenvalue weighted by atomic mass is 10.1. The molecule has 1 aromatic carbocycles. The van der Waals surface area contributed by atoms with Crippen molar-refractivity contribution < 1.29 is 18.4 Å². The van der Waals surface area contributed by atoms with Crippen molar-refractivity contribution in [3.8, 4) is 0 Å². The number of nitrogens with one attached hydrogen (secondary N) is 1. The van der Waals surface area contributed by atoms with E-state index in [2.05, 4.69) is 5.32 Å². The quantitative estimate of drug-likeness (QED) is 0.836. The molecule has 2 rings (SSSR count). The highest BCUT2D eigenvalue weighted by molar-refractivity contribution is 7.12. The molecule has 1 heterocycles. The van der Waals surface area contributed by atoms with Crippen LogP contribution in [0.1, 0.15) is 33.0 Å². The van der Waals surface area contributed by atoms with Crippen LogP contribution in [0.15, 0.2) is 24.3 Å². The summed E-state index contributed by atoms with van der Waals surface area (Å²) in [4.78, 5) is 25.8. The van der Waals surface area contributed by atoms with E-state index in [4.69, 9.17) is 0 Å². The summed E-state index contributed by atoms with van der Waals surface area (Å²) in [5.41, 5.74) is 0.807. The van der Waals surface area contributed by atoms with E-state index in [9.17, 15) is 18.4 Å². The number of rotatable bonds is 5. The lowest BCUT2D eigenvalue weighted by molar-refractivity contribution is -0.116. The van der Waals surface area contributed by atoms with Gasteiger partial charge in [0.25, 0.3) is 0 Å². The van der Waals surface area contributed by atoms with Gasteiger partial charge in [0.15, 0.2) is 17.4 Å². The molecule has 0 aliphatic carbocycles. The zero-order chi connectivity index (χ0) is 16.3. The number of hydrogen-bond donors (Lipinski definition) is 1. The fourth-order valence-corrected chi connectivity index (χ4v) is 3.01. The number of carbonyl (C=O) groups excluding carboxylic acids is 2. The Morgan fingerprint density at radius 2 is 1.82 bits per heavy atom. The molecule has 0 aliphatic rings. The first-order valence-electron chi connectivity index (χ1n) is 6.72. The number of hydrogen-bond acceptors (Lipinski definition) is 3. The van der Waals surface area contributed by atoms with E-state index in [1.54, 1.807) is 0 Å². The minimum absolute atomic E-state index is 0.00777. The Morgan fingerprint density at radius 3 is 2.41 bits per heavy atom. The number of Topliss-reactive ketones (excluding diaryl/α,β-unsaturated/α-hetero) is 1. The highest BCUT2D eigenvalue weighted by Gasteiger charge is 2.14. The third-order valence-corrected chi connectivity index (χ3v) is 4.09. The van der Waals surface area contributed by atoms with Crippen LogP contribution in [0.3, 0.4) is 0 Å². The lowest BCUT2D eigenvalue weighted by Gasteiger charge is -2.05. The van der Waals surface area contributed by atoms with Crippen molar-refractivity contribution in [3.63, 3.8) is 0 Å². The van der Waals surface area contributed by atoms with Crippen LogP contribution in [-0.2, 0) is 4.79 Å². The Hall–Kier alpha value is -2.08. The van der Waals surface area contributed by atoms with Crippen LogP contribution in [0.2, 0.25) is 0 Å². The van der Waals surface area contributed by atoms with Gasteiger partial charge in [-0.05, 0) is 32.0 Å². The number of ketones is 1. The van der Waals surface area contributed by atoms with E-state index in [0.29, 0.717) is 5.56 Å². The van der Waals surface area contributed by atoms with E-state index < -0.39 is 17.5 Å². The van der Waals surface area contributed by atoms with E-state index in [1.807, 2.05) is 19.9 Å². The van der Waals surface area contributed by atoms with Gasteiger partial charge in [-0.25, -0.2) is 8.78 Å². The third-order valence-electron chi connectivity index (χ3n) is 3.12. The summed E-state index contributed by atoms with van der Waals surface area (Å²) in [6.07, 6.45) is 0.0681. The smallest absolute Gasteiger partial charge is 0.224 e. The SMILES string of the molecule is Cc1cc(C(=O)CCC(=O)Nc2ccc(F)c(F)c2)c(C)s1. The van der Waals surface area contributed by atoms with Crippen molar-refractivity contribution in [1.29, 1.82) is 0 Å². The Morgan fingerprint density at radius 1 is 1.09 bits per heavy atom. The number of benzene rings is 1. The van der Waals surface area contributed by atoms with Crippen LogP contribution in [-0.4, -0.2) is 11.7 Å². The molecule has 0 spiro atoms. The monoisotopic (exact) mass is 323 g/mol. The van der Waals surface area contributed by atoms with E-state index in [1.165, 1.54) is 17.4 Å². The first-order chi connectivity index (χ1) is 10.4. The van der Waals surface area contributed by atoms with Gasteiger partial charge < -0.3 is 5.32 Å². The molecular weight excluding hydrogens is 308 g/mol. The molecule has 1 amide bonds. The predicted octanol–water partition coefficient (Wildman–Crippen LogP) is 4.24. The zero-order valence-electron chi connectivity index (χ0n) is 12.2. The Bertz CT molecular complexity index is 725. The number of carbonyl (C=O) groups is 2. The maximum absolute atomic E-state index is 13.0. The molecule has 0 atom stereocenters. The highest BCUT2D eigenvalue weighted by Crippen LogP contribution is 2.22. The van der Waals surface area contributed by atoms with Crippen molar-refractivity contribution in [3.05, 3.63) is 51.2 Å². The van der Waals surface area contributed by atoms with E-state index >= 15 is 0 Å². The van der Waals surface area contributed by atoms with Crippen molar-refractivity contribution in [1.82, 2.24) is 0 Å². The fourth-order valence-electron chi connectivity index (χ4n) is 2.07. The van der Waals surface area contributed by atoms with Crippen LogP contribution in [0.5, 0.6) is 0 Å². The topological polar surface area (TPSA) is 46.2 Å². The lowest BCUT2D eigenvalue weighted by Crippen LogP contribution is -2.13. The summed E-state index contributed by atoms with van der Waals surface area (Å²) in [5.74, 6) is -2.51. The van der Waals surface area contributed by atoms with Crippen molar-refractivity contribution >= 4 is 28.7 Å². The van der Waals surface area contributed by atoms with Crippen LogP contribution in [0, 0.1) is 25.5 Å². The summed E-state index contributed by atoms with van der Waals surface area (Å²) < 4.78 is 25.8. The van der Waals surface area contributed by atoms with Gasteiger partial charge in [-0.15, -0.1) is 11.3 Å². The Balaban J connectivity index is 1.91. The molecule has 1 aromatic heterocycles. The van der Waals surface area contributed by atoms with Crippen LogP contribution in [0.4, 0.5) is 14.5 Å². The molecule has 0 radical (unpaired) electrons. The fraction of sp³-hybridized carbons (Fsp3) is 0.250. The molecule has 1 N–H and O–H groups in total. The van der Waals surface area contributed by atoms with Gasteiger partial charge in [-0.2, -0.15) is 0 Å². The highest BCUT2D eigenvalue weighted by atomic mass is 32.1. The molecule has 2 aromatic rings. The minimum Gasteiger partial charge on any atom is -0.326 e. The Kier molecular flexibility index (Phi) is 5.03. The molecule has 22 heavy (non-hydrogen) atoms. The summed E-state index contributed by atoms with van der Waals surface area (Å²) in [6.45, 7) is 3.79. The third kappa shape index (κ3) is 3.98. The number of thiophene rings is 1. The number of amides is 1. The van der Waals surface area contributed by atoms with Crippen molar-refractivity contribution in [2.45, 2.75) is 26.7 Å². The minimum atomic E-state index is -1.03. The summed E-state index contributed by atoms with van der Waals surface area (Å²) in [7, 11) is 0. The van der Waals surface area contributed by atoms with Crippen LogP contribution >= 0.6 is 11.3 Å². The van der Waals surface area contributed by atoms with E-state index in [-0.39, 0.29) is 24.3 Å². The van der Waals surface area contributed by atoms with Gasteiger partial charge >= 0.3 is 0 Å². The largest absolute Gasteiger partial charge is 0.326 e.